The van der Waals surface area contributed by atoms with Crippen molar-refractivity contribution in [1.29, 1.82) is 0 Å². The van der Waals surface area contributed by atoms with E-state index in [0.29, 0.717) is 6.04 Å². The van der Waals surface area contributed by atoms with Crippen molar-refractivity contribution in [3.8, 4) is 0 Å². The highest BCUT2D eigenvalue weighted by atomic mass is 16.4. The van der Waals surface area contributed by atoms with E-state index in [1.54, 1.807) is 0 Å². The average Bonchev–Trinajstić information content (AvgIpc) is 2.39. The third-order valence-electron chi connectivity index (χ3n) is 3.41. The van der Waals surface area contributed by atoms with Crippen LogP contribution in [0.15, 0.2) is 29.4 Å². The molecule has 1 aliphatic heterocycles. The minimum atomic E-state index is 0.156. The van der Waals surface area contributed by atoms with E-state index < -0.39 is 0 Å². The van der Waals surface area contributed by atoms with Crippen molar-refractivity contribution < 1.29 is 5.21 Å². The van der Waals surface area contributed by atoms with E-state index >= 15 is 0 Å². The summed E-state index contributed by atoms with van der Waals surface area (Å²) >= 11 is 0. The Kier molecular flexibility index (Phi) is 3.52. The van der Waals surface area contributed by atoms with Gasteiger partial charge in [0.15, 0.2) is 5.84 Å². The van der Waals surface area contributed by atoms with E-state index in [4.69, 9.17) is 10.9 Å². The van der Waals surface area contributed by atoms with Gasteiger partial charge in [0.1, 0.15) is 0 Å². The monoisotopic (exact) mass is 233 g/mol. The highest BCUT2D eigenvalue weighted by Crippen LogP contribution is 2.24. The molecule has 2 rings (SSSR count). The Hall–Kier alpha value is -1.71. The van der Waals surface area contributed by atoms with Crippen LogP contribution < -0.4 is 10.6 Å². The molecule has 1 aromatic carbocycles. The minimum absolute atomic E-state index is 0.156. The molecule has 1 aromatic rings. The van der Waals surface area contributed by atoms with Crippen molar-refractivity contribution in [1.82, 2.24) is 0 Å². The zero-order chi connectivity index (χ0) is 12.3. The Bertz CT molecular complexity index is 400. The molecule has 0 bridgehead atoms. The Morgan fingerprint density at radius 3 is 2.65 bits per heavy atom. The van der Waals surface area contributed by atoms with Gasteiger partial charge >= 0.3 is 0 Å². The first-order valence-corrected chi connectivity index (χ1v) is 6.07. The van der Waals surface area contributed by atoms with Crippen LogP contribution in [0.5, 0.6) is 0 Å². The number of oxime groups is 1. The molecule has 0 aliphatic carbocycles. The fraction of sp³-hybridized carbons (Fsp3) is 0.462. The van der Waals surface area contributed by atoms with E-state index in [9.17, 15) is 0 Å². The number of anilines is 1. The lowest BCUT2D eigenvalue weighted by atomic mass is 10.0. The number of piperidine rings is 1. The summed E-state index contributed by atoms with van der Waals surface area (Å²) in [5.41, 5.74) is 7.50. The first-order chi connectivity index (χ1) is 8.22. The van der Waals surface area contributed by atoms with Crippen molar-refractivity contribution in [2.75, 3.05) is 11.4 Å². The number of nitrogens with zero attached hydrogens (tertiary/aromatic N) is 2. The number of hydrogen-bond donors (Lipinski definition) is 2. The van der Waals surface area contributed by atoms with Gasteiger partial charge in [-0.05, 0) is 50.5 Å². The predicted molar refractivity (Wildman–Crippen MR) is 69.6 cm³/mol. The summed E-state index contributed by atoms with van der Waals surface area (Å²) in [4.78, 5) is 2.42. The lowest BCUT2D eigenvalue weighted by molar-refractivity contribution is 0.318. The topological polar surface area (TPSA) is 61.8 Å². The van der Waals surface area contributed by atoms with Crippen LogP contribution in [0.25, 0.3) is 0 Å². The van der Waals surface area contributed by atoms with Crippen LogP contribution in [-0.4, -0.2) is 23.6 Å². The van der Waals surface area contributed by atoms with Crippen LogP contribution in [0.1, 0.15) is 31.7 Å². The largest absolute Gasteiger partial charge is 0.409 e. The maximum atomic E-state index is 8.60. The normalized spacial score (nSPS) is 21.6. The molecular formula is C13H19N3O. The summed E-state index contributed by atoms with van der Waals surface area (Å²) < 4.78 is 0. The van der Waals surface area contributed by atoms with Crippen molar-refractivity contribution in [3.63, 3.8) is 0 Å². The van der Waals surface area contributed by atoms with Crippen LogP contribution in [0.2, 0.25) is 0 Å². The highest BCUT2D eigenvalue weighted by Gasteiger charge is 2.18. The lowest BCUT2D eigenvalue weighted by Gasteiger charge is -2.35. The van der Waals surface area contributed by atoms with Crippen LogP contribution in [0.4, 0.5) is 5.69 Å². The standard InChI is InChI=1S/C13H19N3O/c1-10-4-2-3-9-16(10)12-7-5-11(6-8-12)13(14)15-17/h5-8,10,17H,2-4,9H2,1H3,(H2,14,15). The highest BCUT2D eigenvalue weighted by molar-refractivity contribution is 5.97. The Morgan fingerprint density at radius 1 is 1.35 bits per heavy atom. The summed E-state index contributed by atoms with van der Waals surface area (Å²) in [6.45, 7) is 3.38. The Morgan fingerprint density at radius 2 is 2.06 bits per heavy atom. The molecule has 4 nitrogen and oxygen atoms in total. The summed E-state index contributed by atoms with van der Waals surface area (Å²) in [6.07, 6.45) is 3.83. The molecule has 92 valence electrons. The van der Waals surface area contributed by atoms with E-state index in [0.717, 1.165) is 12.1 Å². The van der Waals surface area contributed by atoms with Gasteiger partial charge < -0.3 is 15.8 Å². The van der Waals surface area contributed by atoms with Gasteiger partial charge in [0.05, 0.1) is 0 Å². The molecule has 1 heterocycles. The van der Waals surface area contributed by atoms with Gasteiger partial charge in [-0.1, -0.05) is 5.16 Å². The second-order valence-electron chi connectivity index (χ2n) is 4.57. The van der Waals surface area contributed by atoms with Crippen molar-refractivity contribution in [2.45, 2.75) is 32.2 Å². The van der Waals surface area contributed by atoms with Gasteiger partial charge in [-0.3, -0.25) is 0 Å². The van der Waals surface area contributed by atoms with E-state index in [1.807, 2.05) is 24.3 Å². The van der Waals surface area contributed by atoms with Crippen molar-refractivity contribution in [3.05, 3.63) is 29.8 Å². The Labute approximate surface area is 102 Å². The first kappa shape index (κ1) is 11.8. The number of amidine groups is 1. The van der Waals surface area contributed by atoms with Gasteiger partial charge in [0.2, 0.25) is 0 Å². The fourth-order valence-corrected chi connectivity index (χ4v) is 2.36. The van der Waals surface area contributed by atoms with Gasteiger partial charge in [-0.2, -0.15) is 0 Å². The molecule has 1 fully saturated rings. The maximum Gasteiger partial charge on any atom is 0.170 e. The first-order valence-electron chi connectivity index (χ1n) is 6.07. The third-order valence-corrected chi connectivity index (χ3v) is 3.41. The molecule has 0 aromatic heterocycles. The quantitative estimate of drug-likeness (QED) is 0.356. The van der Waals surface area contributed by atoms with Gasteiger partial charge in [0, 0.05) is 23.8 Å². The van der Waals surface area contributed by atoms with Gasteiger partial charge in [-0.25, -0.2) is 0 Å². The molecule has 0 amide bonds. The average molecular weight is 233 g/mol. The number of nitrogens with two attached hydrogens (primary N) is 1. The molecule has 1 unspecified atom stereocenters. The molecule has 3 N–H and O–H groups in total. The van der Waals surface area contributed by atoms with Gasteiger partial charge in [0.25, 0.3) is 0 Å². The third kappa shape index (κ3) is 2.52. The number of rotatable bonds is 2. The lowest BCUT2D eigenvalue weighted by Crippen LogP contribution is -2.37. The SMILES string of the molecule is CC1CCCCN1c1ccc(/C(N)=N/O)cc1. The van der Waals surface area contributed by atoms with Crippen LogP contribution in [0, 0.1) is 0 Å². The molecule has 4 heteroatoms. The van der Waals surface area contributed by atoms with Crippen LogP contribution in [0.3, 0.4) is 0 Å². The fourth-order valence-electron chi connectivity index (χ4n) is 2.36. The zero-order valence-corrected chi connectivity index (χ0v) is 10.1. The molecule has 1 atom stereocenters. The summed E-state index contributed by atoms with van der Waals surface area (Å²) in [5.74, 6) is 0.156. The smallest absolute Gasteiger partial charge is 0.170 e. The Balaban J connectivity index is 2.17. The summed E-state index contributed by atoms with van der Waals surface area (Å²) in [5, 5.41) is 11.6. The molecule has 0 saturated carbocycles. The van der Waals surface area contributed by atoms with Crippen LogP contribution >= 0.6 is 0 Å². The second kappa shape index (κ2) is 5.08. The van der Waals surface area contributed by atoms with Gasteiger partial charge in [-0.15, -0.1) is 0 Å². The molecule has 1 saturated heterocycles. The summed E-state index contributed by atoms with van der Waals surface area (Å²) in [7, 11) is 0. The predicted octanol–water partition coefficient (Wildman–Crippen LogP) is 2.16. The molecular weight excluding hydrogens is 214 g/mol. The molecule has 0 spiro atoms. The minimum Gasteiger partial charge on any atom is -0.409 e. The maximum absolute atomic E-state index is 8.60. The second-order valence-corrected chi connectivity index (χ2v) is 4.57. The van der Waals surface area contributed by atoms with Crippen molar-refractivity contribution >= 4 is 11.5 Å². The zero-order valence-electron chi connectivity index (χ0n) is 10.1. The van der Waals surface area contributed by atoms with Crippen LogP contribution in [-0.2, 0) is 0 Å². The number of benzene rings is 1. The number of hydrogen-bond acceptors (Lipinski definition) is 3. The summed E-state index contributed by atoms with van der Waals surface area (Å²) in [6, 6.07) is 8.46. The van der Waals surface area contributed by atoms with E-state index in [2.05, 4.69) is 17.0 Å². The van der Waals surface area contributed by atoms with E-state index in [1.165, 1.54) is 24.9 Å². The molecule has 1 aliphatic rings. The molecule has 17 heavy (non-hydrogen) atoms. The molecule has 0 radical (unpaired) electrons. The van der Waals surface area contributed by atoms with E-state index in [-0.39, 0.29) is 5.84 Å². The van der Waals surface area contributed by atoms with Crippen molar-refractivity contribution in [2.24, 2.45) is 10.9 Å².